The lowest BCUT2D eigenvalue weighted by Gasteiger charge is -2.11. The van der Waals surface area contributed by atoms with Crippen molar-refractivity contribution in [3.05, 3.63) is 36.1 Å². The first-order chi connectivity index (χ1) is 6.20. The quantitative estimate of drug-likeness (QED) is 0.649. The Morgan fingerprint density at radius 2 is 2.15 bits per heavy atom. The number of nitrogens with one attached hydrogen (secondary N) is 1. The largest absolute Gasteiger partial charge is 0.385 e. The molecule has 0 aliphatic carbocycles. The Kier molecular flexibility index (Phi) is 3.81. The van der Waals surface area contributed by atoms with Crippen molar-refractivity contribution >= 4 is 0 Å². The fourth-order valence-corrected chi connectivity index (χ4v) is 1.27. The molecule has 0 aromatic rings. The molecule has 1 heteroatoms. The Morgan fingerprint density at radius 3 is 2.85 bits per heavy atom. The van der Waals surface area contributed by atoms with E-state index in [4.69, 9.17) is 0 Å². The smallest absolute Gasteiger partial charge is 0.0413 e. The van der Waals surface area contributed by atoms with Gasteiger partial charge in [0.1, 0.15) is 0 Å². The molecule has 0 radical (unpaired) electrons. The van der Waals surface area contributed by atoms with Gasteiger partial charge in [0.2, 0.25) is 0 Å². The van der Waals surface area contributed by atoms with Gasteiger partial charge in [-0.3, -0.25) is 0 Å². The molecule has 0 spiro atoms. The van der Waals surface area contributed by atoms with Crippen LogP contribution in [0.1, 0.15) is 27.2 Å². The van der Waals surface area contributed by atoms with E-state index < -0.39 is 0 Å². The molecule has 0 fully saturated rings. The Hall–Kier alpha value is -0.980. The van der Waals surface area contributed by atoms with E-state index in [0.29, 0.717) is 12.0 Å². The maximum Gasteiger partial charge on any atom is 0.0413 e. The summed E-state index contributed by atoms with van der Waals surface area (Å²) in [5, 5.41) is 3.37. The molecule has 0 amide bonds. The summed E-state index contributed by atoms with van der Waals surface area (Å²) in [5.74, 6) is 0.627. The lowest BCUT2D eigenvalue weighted by atomic mass is 10.0. The summed E-state index contributed by atoms with van der Waals surface area (Å²) >= 11 is 0. The molecule has 0 bridgehead atoms. The van der Waals surface area contributed by atoms with E-state index in [9.17, 15) is 0 Å². The van der Waals surface area contributed by atoms with E-state index in [1.54, 1.807) is 0 Å². The van der Waals surface area contributed by atoms with Crippen molar-refractivity contribution in [2.24, 2.45) is 5.92 Å². The highest BCUT2D eigenvalue weighted by Gasteiger charge is 2.02. The topological polar surface area (TPSA) is 12.0 Å². The first-order valence-electron chi connectivity index (χ1n) is 4.98. The fourth-order valence-electron chi connectivity index (χ4n) is 1.27. The van der Waals surface area contributed by atoms with Gasteiger partial charge in [0.15, 0.2) is 0 Å². The Labute approximate surface area is 81.2 Å². The zero-order valence-corrected chi connectivity index (χ0v) is 8.75. The van der Waals surface area contributed by atoms with E-state index in [0.717, 1.165) is 6.42 Å². The second-order valence-corrected chi connectivity index (χ2v) is 3.85. The van der Waals surface area contributed by atoms with Crippen molar-refractivity contribution in [2.75, 3.05) is 0 Å². The van der Waals surface area contributed by atoms with Crippen molar-refractivity contribution in [1.29, 1.82) is 0 Å². The highest BCUT2D eigenvalue weighted by Crippen LogP contribution is 2.14. The predicted octanol–water partition coefficient (Wildman–Crippen LogP) is 3.02. The van der Waals surface area contributed by atoms with Crippen molar-refractivity contribution in [1.82, 2.24) is 5.32 Å². The zero-order chi connectivity index (χ0) is 9.68. The molecule has 1 aliphatic rings. The number of hydrogen-bond acceptors (Lipinski definition) is 1. The van der Waals surface area contributed by atoms with Gasteiger partial charge in [0.05, 0.1) is 0 Å². The molecular formula is C12H19N. The Balaban J connectivity index is 2.71. The fraction of sp³-hybridized carbons (Fsp3) is 0.500. The summed E-state index contributed by atoms with van der Waals surface area (Å²) in [5.41, 5.74) is 1.46. The molecule has 0 saturated carbocycles. The summed E-state index contributed by atoms with van der Waals surface area (Å²) in [6.45, 7) is 6.62. The van der Waals surface area contributed by atoms with Gasteiger partial charge < -0.3 is 5.32 Å². The summed E-state index contributed by atoms with van der Waals surface area (Å²) in [6, 6.07) is 0.427. The van der Waals surface area contributed by atoms with Crippen LogP contribution < -0.4 is 5.32 Å². The van der Waals surface area contributed by atoms with Gasteiger partial charge in [-0.25, -0.2) is 0 Å². The highest BCUT2D eigenvalue weighted by atomic mass is 14.9. The van der Waals surface area contributed by atoms with Crippen LogP contribution >= 0.6 is 0 Å². The van der Waals surface area contributed by atoms with Crippen LogP contribution in [-0.2, 0) is 0 Å². The van der Waals surface area contributed by atoms with Crippen LogP contribution in [0.2, 0.25) is 0 Å². The minimum atomic E-state index is 0.427. The van der Waals surface area contributed by atoms with E-state index in [2.05, 4.69) is 56.6 Å². The molecule has 1 atom stereocenters. The molecule has 72 valence electrons. The van der Waals surface area contributed by atoms with Crippen LogP contribution in [0.5, 0.6) is 0 Å². The third-order valence-corrected chi connectivity index (χ3v) is 2.27. The highest BCUT2D eigenvalue weighted by molar-refractivity contribution is 5.16. The van der Waals surface area contributed by atoms with Crippen LogP contribution in [0.25, 0.3) is 0 Å². The van der Waals surface area contributed by atoms with Gasteiger partial charge >= 0.3 is 0 Å². The molecule has 13 heavy (non-hydrogen) atoms. The van der Waals surface area contributed by atoms with Gasteiger partial charge in [0, 0.05) is 6.04 Å². The van der Waals surface area contributed by atoms with E-state index in [-0.39, 0.29) is 0 Å². The van der Waals surface area contributed by atoms with Gasteiger partial charge in [-0.1, -0.05) is 38.2 Å². The Morgan fingerprint density at radius 1 is 1.38 bits per heavy atom. The molecule has 1 N–H and O–H groups in total. The standard InChI is InChI=1S/C12H19N/c1-10(2)12-8-6-4-5-7-11(3)13-9-12/h4-7,9-11,13H,8H2,1-3H3/b6-4-,7-5-,12-9+. The van der Waals surface area contributed by atoms with Crippen LogP contribution in [0.3, 0.4) is 0 Å². The maximum absolute atomic E-state index is 3.37. The first-order valence-corrected chi connectivity index (χ1v) is 4.98. The van der Waals surface area contributed by atoms with Crippen molar-refractivity contribution in [3.8, 4) is 0 Å². The van der Waals surface area contributed by atoms with E-state index in [1.807, 2.05) is 0 Å². The summed E-state index contributed by atoms with van der Waals surface area (Å²) in [7, 11) is 0. The molecule has 0 aromatic carbocycles. The van der Waals surface area contributed by atoms with Gasteiger partial charge in [-0.2, -0.15) is 0 Å². The minimum absolute atomic E-state index is 0.427. The van der Waals surface area contributed by atoms with E-state index in [1.165, 1.54) is 5.57 Å². The lowest BCUT2D eigenvalue weighted by molar-refractivity contribution is 0.704. The van der Waals surface area contributed by atoms with Crippen molar-refractivity contribution < 1.29 is 0 Å². The average Bonchev–Trinajstić information content (AvgIpc) is 2.17. The molecule has 1 unspecified atom stereocenters. The molecule has 1 rings (SSSR count). The monoisotopic (exact) mass is 177 g/mol. The minimum Gasteiger partial charge on any atom is -0.385 e. The molecular weight excluding hydrogens is 158 g/mol. The first kappa shape index (κ1) is 10.1. The van der Waals surface area contributed by atoms with Gasteiger partial charge in [-0.15, -0.1) is 0 Å². The normalized spacial score (nSPS) is 32.0. The zero-order valence-electron chi connectivity index (χ0n) is 8.75. The number of rotatable bonds is 1. The second kappa shape index (κ2) is 4.90. The predicted molar refractivity (Wildman–Crippen MR) is 58.4 cm³/mol. The maximum atomic E-state index is 3.37. The summed E-state index contributed by atoms with van der Waals surface area (Å²) in [6.07, 6.45) is 11.8. The summed E-state index contributed by atoms with van der Waals surface area (Å²) in [4.78, 5) is 0. The molecule has 1 aliphatic heterocycles. The third kappa shape index (κ3) is 3.49. The average molecular weight is 177 g/mol. The number of hydrogen-bond donors (Lipinski definition) is 1. The van der Waals surface area contributed by atoms with Crippen LogP contribution in [0.4, 0.5) is 0 Å². The van der Waals surface area contributed by atoms with Crippen LogP contribution in [0, 0.1) is 5.92 Å². The summed E-state index contributed by atoms with van der Waals surface area (Å²) < 4.78 is 0. The number of allylic oxidation sites excluding steroid dienone is 4. The van der Waals surface area contributed by atoms with Crippen LogP contribution in [-0.4, -0.2) is 6.04 Å². The molecule has 1 nitrogen and oxygen atoms in total. The van der Waals surface area contributed by atoms with Gasteiger partial charge in [-0.05, 0) is 31.0 Å². The second-order valence-electron chi connectivity index (χ2n) is 3.85. The van der Waals surface area contributed by atoms with Crippen LogP contribution in [0.15, 0.2) is 36.1 Å². The van der Waals surface area contributed by atoms with Gasteiger partial charge in [0.25, 0.3) is 0 Å². The van der Waals surface area contributed by atoms with Crippen molar-refractivity contribution in [3.63, 3.8) is 0 Å². The van der Waals surface area contributed by atoms with Crippen molar-refractivity contribution in [2.45, 2.75) is 33.2 Å². The lowest BCUT2D eigenvalue weighted by Crippen LogP contribution is -2.18. The Bertz CT molecular complexity index is 234. The molecule has 0 saturated heterocycles. The van der Waals surface area contributed by atoms with E-state index >= 15 is 0 Å². The third-order valence-electron chi connectivity index (χ3n) is 2.27. The SMILES string of the molecule is CC1/C=C\C=C/C/C(C(C)C)=C\N1. The molecule has 1 heterocycles. The molecule has 0 aromatic heterocycles.